The second-order valence-corrected chi connectivity index (χ2v) is 11.1. The second-order valence-electron chi connectivity index (χ2n) is 9.75. The summed E-state index contributed by atoms with van der Waals surface area (Å²) in [5.74, 6) is 0. The Morgan fingerprint density at radius 3 is 1.53 bits per heavy atom. The van der Waals surface area contributed by atoms with Crippen LogP contribution in [0.2, 0.25) is 0 Å². The lowest BCUT2D eigenvalue weighted by atomic mass is 9.85. The van der Waals surface area contributed by atoms with Crippen LogP contribution >= 0.6 is 8.58 Å². The van der Waals surface area contributed by atoms with Gasteiger partial charge in [0.25, 0.3) is 0 Å². The maximum atomic E-state index is 2.43. The van der Waals surface area contributed by atoms with Crippen LogP contribution in [-0.4, -0.2) is 6.16 Å². The van der Waals surface area contributed by atoms with Crippen molar-refractivity contribution in [2.45, 2.75) is 0 Å². The first kappa shape index (κ1) is 22.9. The van der Waals surface area contributed by atoms with Crippen molar-refractivity contribution in [3.8, 4) is 22.3 Å². The summed E-state index contributed by atoms with van der Waals surface area (Å²) in [6.07, 6.45) is 5.90. The van der Waals surface area contributed by atoms with Crippen LogP contribution in [0.3, 0.4) is 0 Å². The predicted molar refractivity (Wildman–Crippen MR) is 168 cm³/mol. The molecule has 0 spiro atoms. The van der Waals surface area contributed by atoms with Crippen molar-refractivity contribution in [2.75, 3.05) is 6.16 Å². The molecule has 0 aliphatic carbocycles. The number of rotatable bonds is 4. The Hall–Kier alpha value is -4.25. The van der Waals surface area contributed by atoms with Gasteiger partial charge in [-0.3, -0.25) is 0 Å². The summed E-state index contributed by atoms with van der Waals surface area (Å²) < 4.78 is 0. The molecule has 1 heterocycles. The van der Waals surface area contributed by atoms with Crippen molar-refractivity contribution in [1.29, 1.82) is 0 Å². The molecule has 0 N–H and O–H groups in total. The molecule has 1 aliphatic heterocycles. The highest BCUT2D eigenvalue weighted by Gasteiger charge is 2.18. The van der Waals surface area contributed by atoms with E-state index in [1.165, 1.54) is 65.8 Å². The molecule has 6 aromatic carbocycles. The Morgan fingerprint density at radius 1 is 0.421 bits per heavy atom. The van der Waals surface area contributed by atoms with Gasteiger partial charge >= 0.3 is 0 Å². The first-order valence-electron chi connectivity index (χ1n) is 13.2. The van der Waals surface area contributed by atoms with E-state index in [1.54, 1.807) is 0 Å². The van der Waals surface area contributed by atoms with Gasteiger partial charge in [-0.15, -0.1) is 0 Å². The minimum absolute atomic E-state index is 0.808. The summed E-state index contributed by atoms with van der Waals surface area (Å²) in [5.41, 5.74) is 9.06. The van der Waals surface area contributed by atoms with Crippen molar-refractivity contribution >= 4 is 41.0 Å². The lowest BCUT2D eigenvalue weighted by Crippen LogP contribution is -1.94. The molecule has 0 nitrogen and oxygen atoms in total. The molecule has 1 heteroatoms. The zero-order valence-corrected chi connectivity index (χ0v) is 22.1. The quantitative estimate of drug-likeness (QED) is 0.166. The van der Waals surface area contributed by atoms with E-state index in [2.05, 4.69) is 146 Å². The fourth-order valence-corrected chi connectivity index (χ4v) is 6.90. The van der Waals surface area contributed by atoms with Gasteiger partial charge in [0, 0.05) is 0 Å². The minimum atomic E-state index is 0.808. The van der Waals surface area contributed by atoms with Gasteiger partial charge in [0.15, 0.2) is 0 Å². The van der Waals surface area contributed by atoms with Gasteiger partial charge in [-0.05, 0) is 84.1 Å². The molecular formula is C37H27P. The highest BCUT2D eigenvalue weighted by Crippen LogP contribution is 2.45. The van der Waals surface area contributed by atoms with Crippen LogP contribution in [0.15, 0.2) is 146 Å². The Bertz CT molecular complexity index is 1830. The maximum absolute atomic E-state index is 2.43. The molecule has 0 radical (unpaired) electrons. The molecule has 38 heavy (non-hydrogen) atoms. The molecule has 0 amide bonds. The minimum Gasteiger partial charge on any atom is -0.0858 e. The molecule has 7 rings (SSSR count). The Morgan fingerprint density at radius 2 is 0.921 bits per heavy atom. The monoisotopic (exact) mass is 502 g/mol. The van der Waals surface area contributed by atoms with Gasteiger partial charge in [-0.25, -0.2) is 0 Å². The smallest absolute Gasteiger partial charge is 0.00262 e. The summed E-state index contributed by atoms with van der Waals surface area (Å²) in [5, 5.41) is 6.62. The summed E-state index contributed by atoms with van der Waals surface area (Å²) in [4.78, 5) is 0. The third-order valence-corrected chi connectivity index (χ3v) is 8.70. The standard InChI is InChI=1S/C37H27P/c1-4-12-26(13-5-1)35-25-30(22-23-38-35)29-20-21-33-34(24-29)37(28-16-8-3-9-17-28)32-19-11-10-18-31(32)36(33)27-14-6-2-7-15-27/h1-22,24-25,38H,23H2. The van der Waals surface area contributed by atoms with Crippen molar-refractivity contribution in [3.05, 3.63) is 157 Å². The van der Waals surface area contributed by atoms with E-state index in [-0.39, 0.29) is 0 Å². The van der Waals surface area contributed by atoms with Crippen LogP contribution in [0.5, 0.6) is 0 Å². The molecule has 1 atom stereocenters. The molecule has 0 saturated carbocycles. The molecule has 0 saturated heterocycles. The van der Waals surface area contributed by atoms with Crippen molar-refractivity contribution < 1.29 is 0 Å². The maximum Gasteiger partial charge on any atom is -0.00262 e. The normalized spacial score (nSPS) is 14.0. The third kappa shape index (κ3) is 4.08. The number of allylic oxidation sites excluding steroid dienone is 3. The number of fused-ring (bicyclic) bond motifs is 2. The molecule has 1 aliphatic rings. The van der Waals surface area contributed by atoms with E-state index in [4.69, 9.17) is 0 Å². The van der Waals surface area contributed by atoms with Gasteiger partial charge in [-0.1, -0.05) is 142 Å². The largest absolute Gasteiger partial charge is 0.0858 e. The Kier molecular flexibility index (Phi) is 5.97. The molecular weight excluding hydrogens is 475 g/mol. The number of hydrogen-bond acceptors (Lipinski definition) is 0. The summed E-state index contributed by atoms with van der Waals surface area (Å²) in [6.45, 7) is 0. The lowest BCUT2D eigenvalue weighted by molar-refractivity contribution is 1.60. The lowest BCUT2D eigenvalue weighted by Gasteiger charge is -2.20. The van der Waals surface area contributed by atoms with Gasteiger partial charge < -0.3 is 0 Å². The predicted octanol–water partition coefficient (Wildman–Crippen LogP) is 10.4. The first-order valence-corrected chi connectivity index (χ1v) is 14.4. The Labute approximate surface area is 225 Å². The molecule has 180 valence electrons. The van der Waals surface area contributed by atoms with Gasteiger partial charge in [0.05, 0.1) is 0 Å². The zero-order chi connectivity index (χ0) is 25.3. The summed E-state index contributed by atoms with van der Waals surface area (Å²) in [6, 6.07) is 48.5. The molecule has 6 aromatic rings. The van der Waals surface area contributed by atoms with E-state index >= 15 is 0 Å². The first-order chi connectivity index (χ1) is 18.9. The average molecular weight is 503 g/mol. The number of benzene rings is 6. The average Bonchev–Trinajstić information content (AvgIpc) is 3.01. The van der Waals surface area contributed by atoms with Crippen LogP contribution in [0.4, 0.5) is 0 Å². The highest BCUT2D eigenvalue weighted by molar-refractivity contribution is 7.50. The van der Waals surface area contributed by atoms with Crippen LogP contribution < -0.4 is 0 Å². The third-order valence-electron chi connectivity index (χ3n) is 7.48. The molecule has 0 aromatic heterocycles. The molecule has 1 unspecified atom stereocenters. The van der Waals surface area contributed by atoms with Crippen LogP contribution in [-0.2, 0) is 0 Å². The summed E-state index contributed by atoms with van der Waals surface area (Å²) >= 11 is 0. The fourth-order valence-electron chi connectivity index (χ4n) is 5.73. The SMILES string of the molecule is C1=C(c2ccc3c(-c4ccccc4)c4ccccc4c(-c4ccccc4)c3c2)C=C(c2ccccc2)PC1. The van der Waals surface area contributed by atoms with Crippen molar-refractivity contribution in [3.63, 3.8) is 0 Å². The van der Waals surface area contributed by atoms with E-state index < -0.39 is 0 Å². The van der Waals surface area contributed by atoms with Crippen molar-refractivity contribution in [2.24, 2.45) is 0 Å². The summed E-state index contributed by atoms with van der Waals surface area (Å²) in [7, 11) is 0.808. The van der Waals surface area contributed by atoms with Gasteiger partial charge in [0.2, 0.25) is 0 Å². The fraction of sp³-hybridized carbons (Fsp3) is 0.0270. The van der Waals surface area contributed by atoms with Crippen LogP contribution in [0.1, 0.15) is 11.1 Å². The van der Waals surface area contributed by atoms with Gasteiger partial charge in [-0.2, -0.15) is 0 Å². The molecule has 0 fully saturated rings. The second kappa shape index (κ2) is 9.90. The van der Waals surface area contributed by atoms with E-state index in [0.717, 1.165) is 14.7 Å². The van der Waals surface area contributed by atoms with Crippen molar-refractivity contribution in [1.82, 2.24) is 0 Å². The topological polar surface area (TPSA) is 0 Å². The van der Waals surface area contributed by atoms with Crippen LogP contribution in [0.25, 0.3) is 54.7 Å². The van der Waals surface area contributed by atoms with E-state index in [1.807, 2.05) is 0 Å². The number of hydrogen-bond donors (Lipinski definition) is 0. The van der Waals surface area contributed by atoms with E-state index in [0.29, 0.717) is 0 Å². The molecule has 0 bridgehead atoms. The Balaban J connectivity index is 1.52. The zero-order valence-electron chi connectivity index (χ0n) is 21.1. The van der Waals surface area contributed by atoms with E-state index in [9.17, 15) is 0 Å². The van der Waals surface area contributed by atoms with Gasteiger partial charge in [0.1, 0.15) is 0 Å². The highest BCUT2D eigenvalue weighted by atomic mass is 31.1. The van der Waals surface area contributed by atoms with Crippen LogP contribution in [0, 0.1) is 0 Å².